The van der Waals surface area contributed by atoms with Crippen LogP contribution in [0.25, 0.3) is 0 Å². The zero-order valence-corrected chi connectivity index (χ0v) is 10.4. The second-order valence-electron chi connectivity index (χ2n) is 3.98. The molecule has 0 aromatic rings. The van der Waals surface area contributed by atoms with E-state index in [0.717, 1.165) is 0 Å². The van der Waals surface area contributed by atoms with Crippen molar-refractivity contribution in [1.29, 1.82) is 5.26 Å². The van der Waals surface area contributed by atoms with E-state index in [1.54, 1.807) is 7.11 Å². The van der Waals surface area contributed by atoms with Crippen LogP contribution >= 0.6 is 0 Å². The van der Waals surface area contributed by atoms with E-state index in [-0.39, 0.29) is 0 Å². The lowest BCUT2D eigenvalue weighted by atomic mass is 10.2. The van der Waals surface area contributed by atoms with Gasteiger partial charge in [0.1, 0.15) is 0 Å². The molecular formula is C11H22N4O. The maximum Gasteiger partial charge on any atom is 0.191 e. The zero-order valence-electron chi connectivity index (χ0n) is 10.4. The molecule has 5 heteroatoms. The van der Waals surface area contributed by atoms with Gasteiger partial charge in [0.25, 0.3) is 0 Å². The number of hydrogen-bond acceptors (Lipinski definition) is 3. The molecular weight excluding hydrogens is 204 g/mol. The number of nitrogens with zero attached hydrogens (tertiary/aromatic N) is 3. The third-order valence-corrected chi connectivity index (χ3v) is 2.00. The lowest BCUT2D eigenvalue weighted by molar-refractivity contribution is 0.176. The van der Waals surface area contributed by atoms with Crippen molar-refractivity contribution in [3.05, 3.63) is 0 Å². The number of nitrogens with two attached hydrogens (primary N) is 1. The third-order valence-electron chi connectivity index (χ3n) is 2.00. The van der Waals surface area contributed by atoms with Crippen LogP contribution in [0.4, 0.5) is 0 Å². The molecule has 0 saturated heterocycles. The maximum absolute atomic E-state index is 8.55. The smallest absolute Gasteiger partial charge is 0.191 e. The predicted octanol–water partition coefficient (Wildman–Crippen LogP) is 0.819. The van der Waals surface area contributed by atoms with Crippen LogP contribution in [0.5, 0.6) is 0 Å². The van der Waals surface area contributed by atoms with Crippen LogP contribution in [0.2, 0.25) is 0 Å². The minimum absolute atomic E-state index is 0.446. The largest absolute Gasteiger partial charge is 0.383 e. The molecule has 5 nitrogen and oxygen atoms in total. The van der Waals surface area contributed by atoms with Crippen molar-refractivity contribution >= 4 is 5.96 Å². The Morgan fingerprint density at radius 2 is 2.19 bits per heavy atom. The highest BCUT2D eigenvalue weighted by Crippen LogP contribution is 1.96. The lowest BCUT2D eigenvalue weighted by Crippen LogP contribution is -2.40. The summed E-state index contributed by atoms with van der Waals surface area (Å²) in [5.74, 6) is 0.986. The fourth-order valence-electron chi connectivity index (χ4n) is 1.10. The topological polar surface area (TPSA) is 74.6 Å². The minimum Gasteiger partial charge on any atom is -0.383 e. The number of guanidine groups is 1. The standard InChI is InChI=1S/C11H22N4O/c1-10(2)9-14-11(13)15(6-4-5-12)7-8-16-3/h10H,4,6-9H2,1-3H3,(H2,13,14). The lowest BCUT2D eigenvalue weighted by Gasteiger charge is -2.22. The van der Waals surface area contributed by atoms with Crippen molar-refractivity contribution in [3.8, 4) is 6.07 Å². The third kappa shape index (κ3) is 7.07. The van der Waals surface area contributed by atoms with E-state index < -0.39 is 0 Å². The van der Waals surface area contributed by atoms with Crippen LogP contribution in [0, 0.1) is 17.2 Å². The van der Waals surface area contributed by atoms with Crippen molar-refractivity contribution in [2.24, 2.45) is 16.6 Å². The molecule has 0 radical (unpaired) electrons. The van der Waals surface area contributed by atoms with Gasteiger partial charge in [-0.1, -0.05) is 13.8 Å². The first kappa shape index (κ1) is 14.7. The predicted molar refractivity (Wildman–Crippen MR) is 65.0 cm³/mol. The van der Waals surface area contributed by atoms with E-state index >= 15 is 0 Å². The Balaban J connectivity index is 4.24. The van der Waals surface area contributed by atoms with E-state index in [2.05, 4.69) is 24.9 Å². The molecule has 92 valence electrons. The summed E-state index contributed by atoms with van der Waals surface area (Å²) in [4.78, 5) is 6.17. The molecule has 0 saturated carbocycles. The van der Waals surface area contributed by atoms with Crippen molar-refractivity contribution in [1.82, 2.24) is 4.90 Å². The molecule has 0 fully saturated rings. The summed E-state index contributed by atoms with van der Waals surface area (Å²) in [5, 5.41) is 8.55. The fraction of sp³-hybridized carbons (Fsp3) is 0.818. The summed E-state index contributed by atoms with van der Waals surface area (Å²) in [5.41, 5.74) is 5.86. The Morgan fingerprint density at radius 3 is 2.69 bits per heavy atom. The van der Waals surface area contributed by atoms with Gasteiger partial charge < -0.3 is 15.4 Å². The van der Waals surface area contributed by atoms with Gasteiger partial charge in [-0.2, -0.15) is 5.26 Å². The van der Waals surface area contributed by atoms with Gasteiger partial charge in [-0.05, 0) is 5.92 Å². The van der Waals surface area contributed by atoms with Crippen LogP contribution in [0.1, 0.15) is 20.3 Å². The molecule has 2 N–H and O–H groups in total. The van der Waals surface area contributed by atoms with E-state index in [4.69, 9.17) is 15.7 Å². The number of ether oxygens (including phenoxy) is 1. The molecule has 16 heavy (non-hydrogen) atoms. The molecule has 0 rings (SSSR count). The van der Waals surface area contributed by atoms with Gasteiger partial charge in [-0.25, -0.2) is 0 Å². The number of nitriles is 1. The summed E-state index contributed by atoms with van der Waals surface area (Å²) in [7, 11) is 1.64. The first-order valence-corrected chi connectivity index (χ1v) is 5.52. The van der Waals surface area contributed by atoms with Crippen molar-refractivity contribution in [2.45, 2.75) is 20.3 Å². The van der Waals surface area contributed by atoms with Crippen molar-refractivity contribution in [2.75, 3.05) is 33.4 Å². The molecule has 0 unspecified atom stereocenters. The fourth-order valence-corrected chi connectivity index (χ4v) is 1.10. The highest BCUT2D eigenvalue weighted by molar-refractivity contribution is 5.78. The number of methoxy groups -OCH3 is 1. The summed E-state index contributed by atoms with van der Waals surface area (Å²) >= 11 is 0. The molecule has 0 amide bonds. The monoisotopic (exact) mass is 226 g/mol. The Kier molecular flexibility index (Phi) is 8.26. The van der Waals surface area contributed by atoms with Gasteiger partial charge in [0.05, 0.1) is 19.1 Å². The van der Waals surface area contributed by atoms with E-state index in [9.17, 15) is 0 Å². The molecule has 0 atom stereocenters. The van der Waals surface area contributed by atoms with Crippen LogP contribution < -0.4 is 5.73 Å². The maximum atomic E-state index is 8.55. The molecule has 0 aliphatic carbocycles. The van der Waals surface area contributed by atoms with Crippen LogP contribution in [0.3, 0.4) is 0 Å². The zero-order chi connectivity index (χ0) is 12.4. The SMILES string of the molecule is COCCN(CCC#N)C(N)=NCC(C)C. The summed E-state index contributed by atoms with van der Waals surface area (Å²) in [6.45, 7) is 6.75. The Bertz CT molecular complexity index is 245. The van der Waals surface area contributed by atoms with E-state index in [1.807, 2.05) is 4.90 Å². The summed E-state index contributed by atoms with van der Waals surface area (Å²) in [6.07, 6.45) is 0.446. The Hall–Kier alpha value is -1.28. The van der Waals surface area contributed by atoms with Gasteiger partial charge >= 0.3 is 0 Å². The van der Waals surface area contributed by atoms with Crippen LogP contribution in [-0.2, 0) is 4.74 Å². The second-order valence-corrected chi connectivity index (χ2v) is 3.98. The van der Waals surface area contributed by atoms with Gasteiger partial charge in [0, 0.05) is 26.7 Å². The highest BCUT2D eigenvalue weighted by Gasteiger charge is 2.07. The number of hydrogen-bond donors (Lipinski definition) is 1. The molecule has 0 bridgehead atoms. The molecule has 0 aromatic carbocycles. The molecule has 0 heterocycles. The normalized spacial score (nSPS) is 11.6. The van der Waals surface area contributed by atoms with E-state index in [1.165, 1.54) is 0 Å². The van der Waals surface area contributed by atoms with Crippen molar-refractivity contribution < 1.29 is 4.74 Å². The first-order chi connectivity index (χ1) is 7.61. The highest BCUT2D eigenvalue weighted by atomic mass is 16.5. The average Bonchev–Trinajstić information content (AvgIpc) is 2.26. The van der Waals surface area contributed by atoms with Crippen molar-refractivity contribution in [3.63, 3.8) is 0 Å². The van der Waals surface area contributed by atoms with Gasteiger partial charge in [-0.3, -0.25) is 4.99 Å². The molecule has 0 spiro atoms. The first-order valence-electron chi connectivity index (χ1n) is 5.52. The van der Waals surface area contributed by atoms with Gasteiger partial charge in [-0.15, -0.1) is 0 Å². The number of rotatable bonds is 7. The Morgan fingerprint density at radius 1 is 1.50 bits per heavy atom. The molecule has 0 aliphatic rings. The summed E-state index contributed by atoms with van der Waals surface area (Å²) < 4.78 is 4.99. The van der Waals surface area contributed by atoms with Gasteiger partial charge in [0.15, 0.2) is 5.96 Å². The average molecular weight is 226 g/mol. The molecule has 0 aromatic heterocycles. The second kappa shape index (κ2) is 8.98. The van der Waals surface area contributed by atoms with E-state index in [0.29, 0.717) is 44.5 Å². The Labute approximate surface area is 97.9 Å². The quantitative estimate of drug-likeness (QED) is 0.515. The molecule has 0 aliphatic heterocycles. The van der Waals surface area contributed by atoms with Crippen LogP contribution in [0.15, 0.2) is 4.99 Å². The number of aliphatic imine (C=N–C) groups is 1. The van der Waals surface area contributed by atoms with Crippen LogP contribution in [-0.4, -0.2) is 44.2 Å². The van der Waals surface area contributed by atoms with Gasteiger partial charge in [0.2, 0.25) is 0 Å². The summed E-state index contributed by atoms with van der Waals surface area (Å²) in [6, 6.07) is 2.10. The minimum atomic E-state index is 0.446.